The molecule has 0 amide bonds. The van der Waals surface area contributed by atoms with E-state index in [0.717, 1.165) is 0 Å². The van der Waals surface area contributed by atoms with Crippen molar-refractivity contribution in [2.75, 3.05) is 14.1 Å². The molecule has 2 atom stereocenters. The Hall–Kier alpha value is 0.149. The molecule has 0 aromatic rings. The van der Waals surface area contributed by atoms with Gasteiger partial charge in [-0.1, -0.05) is 0 Å². The molecule has 0 aromatic carbocycles. The molecule has 90 valence electrons. The summed E-state index contributed by atoms with van der Waals surface area (Å²) in [5, 5.41) is 0. The van der Waals surface area contributed by atoms with Crippen molar-refractivity contribution < 1.29 is 9.69 Å². The van der Waals surface area contributed by atoms with Gasteiger partial charge in [0.2, 0.25) is 0 Å². The van der Waals surface area contributed by atoms with Crippen LogP contribution in [0.3, 0.4) is 0 Å². The Balaban J connectivity index is 4.64. The maximum absolute atomic E-state index is 11.2. The van der Waals surface area contributed by atoms with Crippen molar-refractivity contribution in [2.24, 2.45) is 11.3 Å². The summed E-state index contributed by atoms with van der Waals surface area (Å²) in [5.41, 5.74) is 0.130. The first-order chi connectivity index (χ1) is 6.72. The van der Waals surface area contributed by atoms with Crippen LogP contribution in [0.4, 0.5) is 0 Å². The van der Waals surface area contributed by atoms with E-state index in [0.29, 0.717) is 38.0 Å². The molecule has 0 aromatic heterocycles. The van der Waals surface area contributed by atoms with Gasteiger partial charge in [0.1, 0.15) is 0 Å². The molecular formula is C12H26NOSe+. The second-order valence-electron chi connectivity index (χ2n) is 5.39. The summed E-state index contributed by atoms with van der Waals surface area (Å²) >= 11 is 0.631. The third-order valence-corrected chi connectivity index (χ3v) is 6.13. The van der Waals surface area contributed by atoms with Crippen LogP contribution in [0, 0.1) is 11.3 Å². The van der Waals surface area contributed by atoms with Crippen LogP contribution in [0.15, 0.2) is 0 Å². The predicted molar refractivity (Wildman–Crippen MR) is 66.5 cm³/mol. The van der Waals surface area contributed by atoms with E-state index in [9.17, 15) is 4.79 Å². The normalized spacial score (nSPS) is 16.5. The molecule has 0 saturated heterocycles. The Kier molecular flexibility index (Phi) is 6.09. The van der Waals surface area contributed by atoms with E-state index in [2.05, 4.69) is 40.7 Å². The summed E-state index contributed by atoms with van der Waals surface area (Å²) in [7, 11) is 4.44. The number of rotatable bonds is 6. The first-order valence-electron chi connectivity index (χ1n) is 5.54. The molecule has 3 heteroatoms. The molecule has 0 aliphatic heterocycles. The molecule has 2 unspecified atom stereocenters. The summed E-state index contributed by atoms with van der Waals surface area (Å²) in [6, 6.07) is 0. The van der Waals surface area contributed by atoms with Crippen LogP contribution < -0.4 is 4.90 Å². The van der Waals surface area contributed by atoms with Crippen LogP contribution in [-0.2, 0) is 4.79 Å². The first-order valence-corrected chi connectivity index (χ1v) is 8.25. The van der Waals surface area contributed by atoms with Crippen molar-refractivity contribution in [3.05, 3.63) is 0 Å². The van der Waals surface area contributed by atoms with Gasteiger partial charge in [0, 0.05) is 0 Å². The maximum atomic E-state index is 11.2. The van der Waals surface area contributed by atoms with E-state index in [4.69, 9.17) is 0 Å². The summed E-state index contributed by atoms with van der Waals surface area (Å²) in [5.74, 6) is 3.20. The Morgan fingerprint density at radius 3 is 2.13 bits per heavy atom. The van der Waals surface area contributed by atoms with Crippen molar-refractivity contribution in [1.29, 1.82) is 0 Å². The van der Waals surface area contributed by atoms with Crippen LogP contribution in [0.1, 0.15) is 34.1 Å². The number of carbonyl (C=O) groups is 1. The number of carbonyl (C=O) groups excluding carboxylic acids is 1. The van der Waals surface area contributed by atoms with E-state index in [-0.39, 0.29) is 5.41 Å². The number of ketones is 1. The molecule has 0 heterocycles. The fraction of sp³-hybridized carbons (Fsp3) is 0.917. The topological polar surface area (TPSA) is 21.5 Å². The van der Waals surface area contributed by atoms with Crippen LogP contribution in [-0.4, -0.2) is 39.8 Å². The molecule has 0 fully saturated rings. The quantitative estimate of drug-likeness (QED) is 0.715. The molecule has 2 nitrogen and oxygen atoms in total. The Morgan fingerprint density at radius 2 is 1.87 bits per heavy atom. The van der Waals surface area contributed by atoms with Crippen molar-refractivity contribution in [1.82, 2.24) is 0 Å². The van der Waals surface area contributed by atoms with E-state index in [1.54, 1.807) is 6.92 Å². The zero-order valence-corrected chi connectivity index (χ0v) is 12.9. The van der Waals surface area contributed by atoms with Crippen molar-refractivity contribution in [3.8, 4) is 0 Å². The molecular weight excluding hydrogens is 253 g/mol. The monoisotopic (exact) mass is 280 g/mol. The van der Waals surface area contributed by atoms with Gasteiger partial charge in [-0.15, -0.1) is 0 Å². The summed E-state index contributed by atoms with van der Waals surface area (Å²) < 4.78 is 0. The molecule has 15 heavy (non-hydrogen) atoms. The second-order valence-corrected chi connectivity index (χ2v) is 7.44. The van der Waals surface area contributed by atoms with Gasteiger partial charge in [-0.2, -0.15) is 0 Å². The van der Waals surface area contributed by atoms with Gasteiger partial charge in [-0.25, -0.2) is 0 Å². The third-order valence-electron chi connectivity index (χ3n) is 3.21. The molecule has 0 bridgehead atoms. The van der Waals surface area contributed by atoms with Crippen LogP contribution >= 0.6 is 0 Å². The molecule has 0 spiro atoms. The van der Waals surface area contributed by atoms with Gasteiger partial charge in [0.15, 0.2) is 0 Å². The van der Waals surface area contributed by atoms with E-state index >= 15 is 0 Å². The first kappa shape index (κ1) is 15.1. The Bertz CT molecular complexity index is 214. The zero-order chi connectivity index (χ0) is 12.2. The van der Waals surface area contributed by atoms with Crippen molar-refractivity contribution in [2.45, 2.75) is 44.9 Å². The number of hydrogen-bond acceptors (Lipinski definition) is 1. The molecule has 0 rings (SSSR count). The second kappa shape index (κ2) is 6.03. The minimum atomic E-state index is 0.130. The number of Topliss-reactive ketones (excluding diaryl/α,β-unsaturated/α-hetero) is 1. The van der Waals surface area contributed by atoms with Crippen LogP contribution in [0.2, 0.25) is 5.82 Å². The van der Waals surface area contributed by atoms with E-state index < -0.39 is 0 Å². The molecule has 0 aliphatic carbocycles. The van der Waals surface area contributed by atoms with E-state index in [1.807, 2.05) is 0 Å². The van der Waals surface area contributed by atoms with E-state index in [1.165, 1.54) is 4.90 Å². The van der Waals surface area contributed by atoms with Crippen molar-refractivity contribution in [3.63, 3.8) is 0 Å². The standard InChI is InChI=1S/C12H25NOSe/c1-9(14)8-12(3,4)10(2)11(15-7)13(5)6/h10-11H,8H2,1-7H3/p+1. The minimum absolute atomic E-state index is 0.130. The molecule has 0 radical (unpaired) electrons. The van der Waals surface area contributed by atoms with Gasteiger partial charge in [0.05, 0.1) is 0 Å². The van der Waals surface area contributed by atoms with Crippen molar-refractivity contribution >= 4 is 20.7 Å². The number of nitrogens with one attached hydrogen (secondary N) is 1. The Labute approximate surface area is 101 Å². The van der Waals surface area contributed by atoms with Gasteiger partial charge < -0.3 is 0 Å². The number of hydrogen-bond donors (Lipinski definition) is 1. The zero-order valence-electron chi connectivity index (χ0n) is 11.2. The molecule has 0 aliphatic rings. The summed E-state index contributed by atoms with van der Waals surface area (Å²) in [4.78, 5) is 13.5. The third kappa shape index (κ3) is 4.67. The fourth-order valence-electron chi connectivity index (χ4n) is 2.15. The average molecular weight is 279 g/mol. The van der Waals surface area contributed by atoms with Crippen LogP contribution in [0.5, 0.6) is 0 Å². The summed E-state index contributed by atoms with van der Waals surface area (Å²) in [6.07, 6.45) is 0.702. The van der Waals surface area contributed by atoms with Gasteiger partial charge >= 0.3 is 101 Å². The SMILES string of the molecule is C[Se]C(C(C)C(C)(C)CC(C)=O)[NH+](C)C. The fourth-order valence-corrected chi connectivity index (χ4v) is 4.77. The van der Waals surface area contributed by atoms with Gasteiger partial charge in [0.25, 0.3) is 0 Å². The molecule has 1 N–H and O–H groups in total. The predicted octanol–water partition coefficient (Wildman–Crippen LogP) is 0.851. The summed E-state index contributed by atoms with van der Waals surface area (Å²) in [6.45, 7) is 8.44. The number of quaternary nitrogens is 1. The van der Waals surface area contributed by atoms with Gasteiger partial charge in [-0.05, 0) is 0 Å². The molecule has 0 saturated carbocycles. The Morgan fingerprint density at radius 1 is 1.40 bits per heavy atom. The van der Waals surface area contributed by atoms with Crippen LogP contribution in [0.25, 0.3) is 0 Å². The van der Waals surface area contributed by atoms with Gasteiger partial charge in [-0.3, -0.25) is 0 Å². The average Bonchev–Trinajstić information content (AvgIpc) is 2.01.